The van der Waals surface area contributed by atoms with E-state index in [0.29, 0.717) is 27.4 Å². The van der Waals surface area contributed by atoms with Crippen molar-refractivity contribution in [3.63, 3.8) is 0 Å². The molecule has 1 fully saturated rings. The predicted octanol–water partition coefficient (Wildman–Crippen LogP) is 3.19. The Kier molecular flexibility index (Phi) is 4.99. The lowest BCUT2D eigenvalue weighted by Gasteiger charge is -2.12. The maximum Gasteiger partial charge on any atom is 0.266 e. The van der Waals surface area contributed by atoms with Crippen LogP contribution < -0.4 is 0 Å². The smallest absolute Gasteiger partial charge is 0.266 e. The first-order valence-electron chi connectivity index (χ1n) is 5.61. The minimum atomic E-state index is -0.0676. The molecule has 0 unspecified atom stereocenters. The van der Waals surface area contributed by atoms with Crippen LogP contribution in [0.2, 0.25) is 5.02 Å². The number of halogens is 1. The molecule has 0 spiro atoms. The number of carbonyl (C=O) groups excluding carboxylic acids is 1. The molecule has 1 heterocycles. The van der Waals surface area contributed by atoms with Gasteiger partial charge in [0, 0.05) is 12.1 Å². The van der Waals surface area contributed by atoms with Crippen LogP contribution in [0.15, 0.2) is 29.2 Å². The molecule has 0 radical (unpaired) electrons. The van der Waals surface area contributed by atoms with Crippen LogP contribution in [0.25, 0.3) is 6.08 Å². The second-order valence-corrected chi connectivity index (χ2v) is 5.99. The third-order valence-corrected chi connectivity index (χ3v) is 4.19. The highest BCUT2D eigenvalue weighted by Crippen LogP contribution is 2.32. The largest absolute Gasteiger partial charge is 0.383 e. The first-order valence-corrected chi connectivity index (χ1v) is 7.22. The fraction of sp³-hybridized carbons (Fsp3) is 0.231. The number of benzene rings is 1. The Morgan fingerprint density at radius 2 is 2.11 bits per heavy atom. The molecule has 3 nitrogen and oxygen atoms in total. The van der Waals surface area contributed by atoms with Gasteiger partial charge in [-0.1, -0.05) is 47.7 Å². The van der Waals surface area contributed by atoms with E-state index in [9.17, 15) is 4.79 Å². The van der Waals surface area contributed by atoms with Crippen molar-refractivity contribution in [2.75, 3.05) is 20.3 Å². The van der Waals surface area contributed by atoms with Gasteiger partial charge in [0.25, 0.3) is 5.91 Å². The van der Waals surface area contributed by atoms with Gasteiger partial charge in [0.2, 0.25) is 0 Å². The van der Waals surface area contributed by atoms with E-state index in [1.807, 2.05) is 18.2 Å². The summed E-state index contributed by atoms with van der Waals surface area (Å²) in [6, 6.07) is 7.31. The molecule has 0 N–H and O–H groups in total. The summed E-state index contributed by atoms with van der Waals surface area (Å²) >= 11 is 12.3. The third kappa shape index (κ3) is 3.57. The number of hydrogen-bond acceptors (Lipinski definition) is 4. The summed E-state index contributed by atoms with van der Waals surface area (Å²) in [6.45, 7) is 0.958. The Labute approximate surface area is 126 Å². The lowest BCUT2D eigenvalue weighted by atomic mass is 10.2. The molecule has 6 heteroatoms. The molecule has 19 heavy (non-hydrogen) atoms. The molecule has 100 valence electrons. The summed E-state index contributed by atoms with van der Waals surface area (Å²) in [7, 11) is 1.60. The average Bonchev–Trinajstić information content (AvgIpc) is 2.65. The highest BCUT2D eigenvalue weighted by molar-refractivity contribution is 8.26. The highest BCUT2D eigenvalue weighted by atomic mass is 35.5. The Bertz CT molecular complexity index is 528. The van der Waals surface area contributed by atoms with Crippen molar-refractivity contribution in [3.8, 4) is 0 Å². The van der Waals surface area contributed by atoms with Crippen LogP contribution in [0, 0.1) is 0 Å². The molecule has 1 amide bonds. The van der Waals surface area contributed by atoms with E-state index in [2.05, 4.69) is 0 Å². The van der Waals surface area contributed by atoms with Crippen molar-refractivity contribution in [2.24, 2.45) is 0 Å². The number of nitrogens with zero attached hydrogens (tertiary/aromatic N) is 1. The highest BCUT2D eigenvalue weighted by Gasteiger charge is 2.31. The van der Waals surface area contributed by atoms with Gasteiger partial charge in [-0.05, 0) is 23.8 Å². The minimum absolute atomic E-state index is 0.0676. The first kappa shape index (κ1) is 14.5. The van der Waals surface area contributed by atoms with E-state index in [-0.39, 0.29) is 5.91 Å². The zero-order valence-electron chi connectivity index (χ0n) is 10.3. The fourth-order valence-electron chi connectivity index (χ4n) is 1.59. The SMILES string of the molecule is COCCN1C(=O)/C(=C/c2ccc(Cl)cc2)SC1=S. The van der Waals surface area contributed by atoms with E-state index >= 15 is 0 Å². The van der Waals surface area contributed by atoms with Crippen LogP contribution in [0.4, 0.5) is 0 Å². The monoisotopic (exact) mass is 313 g/mol. The normalized spacial score (nSPS) is 17.6. The van der Waals surface area contributed by atoms with Crippen molar-refractivity contribution in [3.05, 3.63) is 39.8 Å². The van der Waals surface area contributed by atoms with Crippen LogP contribution in [-0.4, -0.2) is 35.4 Å². The predicted molar refractivity (Wildman–Crippen MR) is 83.2 cm³/mol. The molecule has 0 bridgehead atoms. The number of ether oxygens (including phenoxy) is 1. The number of thiocarbonyl (C=S) groups is 1. The zero-order chi connectivity index (χ0) is 13.8. The summed E-state index contributed by atoms with van der Waals surface area (Å²) in [5, 5.41) is 0.671. The summed E-state index contributed by atoms with van der Waals surface area (Å²) in [5.74, 6) is -0.0676. The molecular weight excluding hydrogens is 302 g/mol. The van der Waals surface area contributed by atoms with Gasteiger partial charge in [0.15, 0.2) is 0 Å². The van der Waals surface area contributed by atoms with Gasteiger partial charge < -0.3 is 4.74 Å². The molecule has 0 atom stereocenters. The summed E-state index contributed by atoms with van der Waals surface area (Å²) in [6.07, 6.45) is 1.82. The number of methoxy groups -OCH3 is 1. The fourth-order valence-corrected chi connectivity index (χ4v) is 3.02. The van der Waals surface area contributed by atoms with E-state index in [4.69, 9.17) is 28.6 Å². The summed E-state index contributed by atoms with van der Waals surface area (Å²) in [4.78, 5) is 14.3. The van der Waals surface area contributed by atoms with Gasteiger partial charge in [-0.15, -0.1) is 0 Å². The van der Waals surface area contributed by atoms with Gasteiger partial charge in [0.05, 0.1) is 18.1 Å². The Morgan fingerprint density at radius 3 is 2.74 bits per heavy atom. The standard InChI is InChI=1S/C13H12ClNO2S2/c1-17-7-6-15-12(16)11(19-13(15)18)8-9-2-4-10(14)5-3-9/h2-5,8H,6-7H2,1H3/b11-8-. The maximum atomic E-state index is 12.2. The van der Waals surface area contributed by atoms with Crippen molar-refractivity contribution in [2.45, 2.75) is 0 Å². The van der Waals surface area contributed by atoms with Crippen LogP contribution in [0.5, 0.6) is 0 Å². The van der Waals surface area contributed by atoms with Crippen molar-refractivity contribution >= 4 is 51.9 Å². The van der Waals surface area contributed by atoms with Gasteiger partial charge in [0.1, 0.15) is 4.32 Å². The van der Waals surface area contributed by atoms with E-state index in [0.717, 1.165) is 5.56 Å². The molecule has 0 aromatic heterocycles. The number of rotatable bonds is 4. The average molecular weight is 314 g/mol. The van der Waals surface area contributed by atoms with E-state index < -0.39 is 0 Å². The number of carbonyl (C=O) groups is 1. The number of hydrogen-bond donors (Lipinski definition) is 0. The summed E-state index contributed by atoms with van der Waals surface area (Å²) in [5.41, 5.74) is 0.927. The van der Waals surface area contributed by atoms with Gasteiger partial charge in [-0.25, -0.2) is 0 Å². The van der Waals surface area contributed by atoms with Gasteiger partial charge >= 0.3 is 0 Å². The number of thioether (sulfide) groups is 1. The van der Waals surface area contributed by atoms with Crippen LogP contribution in [0.1, 0.15) is 5.56 Å². The molecular formula is C13H12ClNO2S2. The van der Waals surface area contributed by atoms with Crippen LogP contribution >= 0.6 is 35.6 Å². The minimum Gasteiger partial charge on any atom is -0.383 e. The maximum absolute atomic E-state index is 12.2. The van der Waals surface area contributed by atoms with Crippen molar-refractivity contribution < 1.29 is 9.53 Å². The number of amides is 1. The third-order valence-electron chi connectivity index (χ3n) is 2.56. The topological polar surface area (TPSA) is 29.5 Å². The molecule has 0 aliphatic carbocycles. The Hall–Kier alpha value is -0.880. The molecule has 1 aromatic carbocycles. The van der Waals surface area contributed by atoms with E-state index in [1.54, 1.807) is 24.1 Å². The quantitative estimate of drug-likeness (QED) is 0.631. The molecule has 1 aliphatic heterocycles. The van der Waals surface area contributed by atoms with E-state index in [1.165, 1.54) is 11.8 Å². The van der Waals surface area contributed by atoms with Crippen LogP contribution in [-0.2, 0) is 9.53 Å². The summed E-state index contributed by atoms with van der Waals surface area (Å²) < 4.78 is 5.54. The van der Waals surface area contributed by atoms with Gasteiger partial charge in [-0.2, -0.15) is 0 Å². The van der Waals surface area contributed by atoms with Crippen LogP contribution in [0.3, 0.4) is 0 Å². The molecule has 0 saturated carbocycles. The Balaban J connectivity index is 2.16. The lowest BCUT2D eigenvalue weighted by Crippen LogP contribution is -2.31. The second-order valence-electron chi connectivity index (χ2n) is 3.88. The molecule has 2 rings (SSSR count). The van der Waals surface area contributed by atoms with Crippen molar-refractivity contribution in [1.82, 2.24) is 4.90 Å². The Morgan fingerprint density at radius 1 is 1.42 bits per heavy atom. The van der Waals surface area contributed by atoms with Crippen molar-refractivity contribution in [1.29, 1.82) is 0 Å². The zero-order valence-corrected chi connectivity index (χ0v) is 12.6. The van der Waals surface area contributed by atoms with Gasteiger partial charge in [-0.3, -0.25) is 9.69 Å². The molecule has 1 aliphatic rings. The first-order chi connectivity index (χ1) is 9.11. The molecule has 1 saturated heterocycles. The molecule has 1 aromatic rings. The second kappa shape index (κ2) is 6.52. The lowest BCUT2D eigenvalue weighted by molar-refractivity contribution is -0.122.